The third kappa shape index (κ3) is 22.8. The molecule has 0 radical (unpaired) electrons. The highest BCUT2D eigenvalue weighted by atomic mass is 32.2. The van der Waals surface area contributed by atoms with E-state index in [2.05, 4.69) is 253 Å². The van der Waals surface area contributed by atoms with Gasteiger partial charge in [0, 0.05) is 49.6 Å². The Kier molecular flexibility index (Phi) is 33.2. The fourth-order valence-corrected chi connectivity index (χ4v) is 19.0. The Bertz CT molecular complexity index is 5790. The predicted octanol–water partition coefficient (Wildman–Crippen LogP) is 30.3. The van der Waals surface area contributed by atoms with E-state index in [4.69, 9.17) is 42.4 Å². The van der Waals surface area contributed by atoms with Crippen molar-refractivity contribution in [3.05, 3.63) is 208 Å². The summed E-state index contributed by atoms with van der Waals surface area (Å²) in [6.07, 6.45) is 34.7. The summed E-state index contributed by atoms with van der Waals surface area (Å²) in [7, 11) is 0. The second-order valence-corrected chi connectivity index (χ2v) is 35.9. The number of hydrogen-bond donors (Lipinski definition) is 3. The lowest BCUT2D eigenvalue weighted by molar-refractivity contribution is 0.0696. The van der Waals surface area contributed by atoms with E-state index < -0.39 is 5.97 Å². The molecule has 4 unspecified atom stereocenters. The second-order valence-electron chi connectivity index (χ2n) is 34.3. The number of fused-ring (bicyclic) bond motifs is 11. The van der Waals surface area contributed by atoms with Gasteiger partial charge in [-0.25, -0.2) is 14.8 Å². The lowest BCUT2D eigenvalue weighted by Crippen LogP contribution is -2.22. The van der Waals surface area contributed by atoms with Crippen molar-refractivity contribution in [1.29, 1.82) is 0 Å². The van der Waals surface area contributed by atoms with Crippen LogP contribution in [0.15, 0.2) is 168 Å². The largest absolute Gasteiger partial charge is 0.494 e. The molecule has 3 aliphatic rings. The Hall–Kier alpha value is -11.3. The number of aromatic nitrogens is 6. The van der Waals surface area contributed by atoms with Gasteiger partial charge in [-0.15, -0.1) is 0 Å². The van der Waals surface area contributed by atoms with E-state index in [0.717, 1.165) is 231 Å². The van der Waals surface area contributed by atoms with Gasteiger partial charge in [0.25, 0.3) is 0 Å². The number of unbranched alkanes of at least 4 members (excludes halogenated alkanes) is 10. The van der Waals surface area contributed by atoms with Gasteiger partial charge in [-0.1, -0.05) is 269 Å². The number of carboxylic acid groups (broad SMARTS) is 1. The summed E-state index contributed by atoms with van der Waals surface area (Å²) in [5.41, 5.74) is 19.6. The molecule has 16 heteroatoms. The number of H-pyrrole nitrogens is 2. The fourth-order valence-electron chi connectivity index (χ4n) is 17.2. The quantitative estimate of drug-likeness (QED) is 0.0244. The third-order valence-corrected chi connectivity index (χ3v) is 26.8. The van der Waals surface area contributed by atoms with Crippen LogP contribution in [-0.2, 0) is 0 Å². The predicted molar refractivity (Wildman–Crippen MR) is 530 cm³/mol. The van der Waals surface area contributed by atoms with Crippen LogP contribution in [0.5, 0.6) is 28.7 Å². The molecule has 0 amide bonds. The number of aromatic amines is 2. The van der Waals surface area contributed by atoms with Crippen LogP contribution in [0, 0.1) is 47.4 Å². The smallest absolute Gasteiger partial charge is 0.335 e. The van der Waals surface area contributed by atoms with Gasteiger partial charge in [0.1, 0.15) is 39.8 Å². The minimum Gasteiger partial charge on any atom is -0.494 e. The van der Waals surface area contributed by atoms with Crippen LogP contribution in [0.4, 0.5) is 11.4 Å². The van der Waals surface area contributed by atoms with Crippen molar-refractivity contribution in [1.82, 2.24) is 28.7 Å². The summed E-state index contributed by atoms with van der Waals surface area (Å²) in [5.74, 6) is 19.1. The maximum absolute atomic E-state index is 12.0. The summed E-state index contributed by atoms with van der Waals surface area (Å²) in [6, 6.07) is 54.2. The highest BCUT2D eigenvalue weighted by Gasteiger charge is 2.29. The third-order valence-electron chi connectivity index (χ3n) is 25.2. The van der Waals surface area contributed by atoms with Crippen LogP contribution in [0.25, 0.3) is 102 Å². The monoisotopic (exact) mass is 1730 g/mol. The zero-order valence-corrected chi connectivity index (χ0v) is 77.9. The molecule has 0 aliphatic carbocycles. The highest BCUT2D eigenvalue weighted by molar-refractivity contribution is 7.99. The van der Waals surface area contributed by atoms with E-state index >= 15 is 0 Å². The summed E-state index contributed by atoms with van der Waals surface area (Å²) in [5, 5.41) is 9.85. The number of rotatable bonds is 44. The van der Waals surface area contributed by atoms with Gasteiger partial charge >= 0.3 is 5.97 Å². The molecule has 127 heavy (non-hydrogen) atoms. The fraction of sp³-hybridized carbons (Fsp3) is 0.396. The molecule has 14 rings (SSSR count). The second kappa shape index (κ2) is 45.9. The number of anilines is 2. The maximum atomic E-state index is 12.0. The molecule has 0 spiro atoms. The van der Waals surface area contributed by atoms with Crippen molar-refractivity contribution in [2.75, 3.05) is 44.5 Å². The number of nitrogens with one attached hydrogen (secondary N) is 2. The molecule has 7 heterocycles. The number of carbonyl (C=O) groups is 1. The van der Waals surface area contributed by atoms with Crippen molar-refractivity contribution < 1.29 is 33.6 Å². The molecule has 660 valence electrons. The first kappa shape index (κ1) is 91.9. The van der Waals surface area contributed by atoms with Crippen molar-refractivity contribution in [2.24, 2.45) is 23.7 Å². The van der Waals surface area contributed by atoms with Crippen molar-refractivity contribution >= 4 is 98.2 Å². The number of aromatic carboxylic acids is 1. The summed E-state index contributed by atoms with van der Waals surface area (Å²) >= 11 is 2.93. The molecule has 7 aromatic carbocycles. The summed E-state index contributed by atoms with van der Waals surface area (Å²) in [4.78, 5) is 36.7. The van der Waals surface area contributed by atoms with Crippen molar-refractivity contribution in [3.8, 4) is 96.9 Å². The van der Waals surface area contributed by atoms with Crippen LogP contribution in [0.3, 0.4) is 0 Å². The standard InChI is InChI=1S/C111H127N7O7S2/c1-11-21-27-29-67-118-97-65-42-79(69-103(97)126-104-70-84(51-66-98(104)118)80-47-52-85(53-48-80)121-68-30-28-22-12-2)41-54-87-89-57-61-93(112-89)105(107-99(122-71-75(17-7)33-23-13-3)37-31-38-100(107)123-72-76(18-8)34-24-14-4)95-63-59-91(114-95)88(56-50-82-49-55-86(110-109(82)116-127-117-110)81-43-45-83(46-44-81)111(119)120)92-60-64-96(115-92)106(94-62-58-90(87)113-94)108-101(124-73-77(19-9)35-25-15-5)39-32-40-102(108)125-74-78(20-10)36-26-16-6/h31-32,37-40,42-49,51-53,55,57-66,69-70,75-78,112,115H,11-30,33-36,67-68,71-74H2,1-10H3,(H,119,120). The van der Waals surface area contributed by atoms with Crippen molar-refractivity contribution in [3.63, 3.8) is 0 Å². The molecule has 3 aliphatic heterocycles. The highest BCUT2D eigenvalue weighted by Crippen LogP contribution is 2.51. The van der Waals surface area contributed by atoms with Gasteiger partial charge in [-0.05, 0) is 212 Å². The van der Waals surface area contributed by atoms with E-state index in [1.807, 2.05) is 36.0 Å². The van der Waals surface area contributed by atoms with Gasteiger partial charge in [0.05, 0.1) is 123 Å². The molecule has 4 aromatic heterocycles. The Morgan fingerprint density at radius 2 is 0.858 bits per heavy atom. The van der Waals surface area contributed by atoms with E-state index in [1.54, 1.807) is 12.1 Å². The van der Waals surface area contributed by atoms with Gasteiger partial charge in [0.2, 0.25) is 0 Å². The van der Waals surface area contributed by atoms with Gasteiger partial charge < -0.3 is 43.7 Å². The maximum Gasteiger partial charge on any atom is 0.335 e. The first-order valence-electron chi connectivity index (χ1n) is 47.4. The Morgan fingerprint density at radius 3 is 1.35 bits per heavy atom. The number of nitrogens with zero attached hydrogens (tertiary/aromatic N) is 5. The van der Waals surface area contributed by atoms with E-state index in [1.165, 1.54) is 42.0 Å². The average molecular weight is 1740 g/mol. The molecule has 0 saturated carbocycles. The molecule has 4 atom stereocenters. The first-order chi connectivity index (χ1) is 62.4. The summed E-state index contributed by atoms with van der Waals surface area (Å²) < 4.78 is 45.1. The molecular weight excluding hydrogens is 1610 g/mol. The molecule has 3 N–H and O–H groups in total. The average Bonchev–Trinajstić information content (AvgIpc) is 1.74. The molecule has 11 aromatic rings. The number of benzene rings is 7. The molecule has 8 bridgehead atoms. The molecular formula is C111H127N7O7S2. The van der Waals surface area contributed by atoms with Gasteiger partial charge in [-0.2, -0.15) is 8.75 Å². The normalized spacial score (nSPS) is 13.0. The lowest BCUT2D eigenvalue weighted by Gasteiger charge is -2.33. The molecule has 0 fully saturated rings. The zero-order chi connectivity index (χ0) is 88.4. The van der Waals surface area contributed by atoms with E-state index in [9.17, 15) is 9.90 Å². The van der Waals surface area contributed by atoms with Crippen LogP contribution in [0.1, 0.15) is 279 Å². The van der Waals surface area contributed by atoms with Crippen molar-refractivity contribution in [2.45, 2.75) is 233 Å². The number of ether oxygens (including phenoxy) is 5. The molecule has 0 saturated heterocycles. The SMILES string of the molecule is CCCCCCOc1ccc(-c2ccc3c(c2)Sc2cc(C#Cc4c5nc(c(-c6c(OCC(CC)CCCC)cccc6OCC(CC)CCCC)c6ccc([nH]6)c(C#Cc6ccc(-c7ccc(C(=O)O)cc7)c7nsnc67)c6nc(c(-c7c(OCC(CC)CCCC)cccc7OCC(CC)CCCC)c7ccc4[nH]7)C=C6)C=C5)ccc2N3CCCCCC)cc1. The molecule has 14 nitrogen and oxygen atoms in total. The van der Waals surface area contributed by atoms with Gasteiger partial charge in [-0.3, -0.25) is 0 Å². The minimum absolute atomic E-state index is 0.202. The van der Waals surface area contributed by atoms with Crippen LogP contribution < -0.4 is 28.6 Å². The van der Waals surface area contributed by atoms with Crippen LogP contribution >= 0.6 is 23.5 Å². The van der Waals surface area contributed by atoms with Gasteiger partial charge in [0.15, 0.2) is 0 Å². The van der Waals surface area contributed by atoms with E-state index in [0.29, 0.717) is 129 Å². The Morgan fingerprint density at radius 1 is 0.409 bits per heavy atom. The van der Waals surface area contributed by atoms with Crippen LogP contribution in [0.2, 0.25) is 0 Å². The zero-order valence-electron chi connectivity index (χ0n) is 76.3. The number of hydrogen-bond acceptors (Lipinski definition) is 13. The minimum atomic E-state index is -0.990. The lowest BCUT2D eigenvalue weighted by atomic mass is 9.99. The Labute approximate surface area is 762 Å². The van der Waals surface area contributed by atoms with E-state index in [-0.39, 0.29) is 5.56 Å². The topological polar surface area (TPSA) is 170 Å². The first-order valence-corrected chi connectivity index (χ1v) is 48.9. The van der Waals surface area contributed by atoms with Crippen LogP contribution in [-0.4, -0.2) is 79.3 Å². The Balaban J connectivity index is 1.02. The number of carboxylic acids is 1. The summed E-state index contributed by atoms with van der Waals surface area (Å²) in [6.45, 7) is 26.3.